The zero-order chi connectivity index (χ0) is 19.8. The van der Waals surface area contributed by atoms with E-state index in [9.17, 15) is 4.79 Å². The topological polar surface area (TPSA) is 63.7 Å². The van der Waals surface area contributed by atoms with Crippen LogP contribution in [0.3, 0.4) is 0 Å². The molecule has 0 spiro atoms. The van der Waals surface area contributed by atoms with Crippen molar-refractivity contribution in [1.82, 2.24) is 9.88 Å². The number of rotatable bonds is 7. The van der Waals surface area contributed by atoms with Crippen molar-refractivity contribution in [3.63, 3.8) is 0 Å². The number of carbonyl (C=O) groups is 1. The van der Waals surface area contributed by atoms with Crippen LogP contribution in [0.1, 0.15) is 36.9 Å². The predicted molar refractivity (Wildman–Crippen MR) is 113 cm³/mol. The smallest absolute Gasteiger partial charge is 0.250 e. The van der Waals surface area contributed by atoms with Gasteiger partial charge < -0.3 is 9.47 Å². The molecule has 1 aromatic carbocycles. The number of ether oxygens (including phenoxy) is 2. The molecule has 1 aliphatic rings. The van der Waals surface area contributed by atoms with Crippen molar-refractivity contribution < 1.29 is 14.3 Å². The molecule has 1 aromatic heterocycles. The van der Waals surface area contributed by atoms with Gasteiger partial charge in [0.2, 0.25) is 5.91 Å². The molecule has 0 unspecified atom stereocenters. The van der Waals surface area contributed by atoms with Gasteiger partial charge in [-0.2, -0.15) is 0 Å². The summed E-state index contributed by atoms with van der Waals surface area (Å²) < 4.78 is 10.5. The number of carbonyl (C=O) groups excluding carboxylic acids is 1. The van der Waals surface area contributed by atoms with Crippen molar-refractivity contribution in [2.75, 3.05) is 32.6 Å². The monoisotopic (exact) mass is 401 g/mol. The minimum atomic E-state index is -0.203. The number of thiazole rings is 1. The summed E-state index contributed by atoms with van der Waals surface area (Å²) in [5.41, 5.74) is 1.87. The van der Waals surface area contributed by atoms with E-state index in [1.54, 1.807) is 20.3 Å². The van der Waals surface area contributed by atoms with Gasteiger partial charge in [0.25, 0.3) is 0 Å². The molecule has 0 saturated carbocycles. The van der Waals surface area contributed by atoms with E-state index in [1.165, 1.54) is 43.1 Å². The number of methoxy groups -OCH3 is 2. The van der Waals surface area contributed by atoms with Crippen LogP contribution in [0.15, 0.2) is 29.7 Å². The van der Waals surface area contributed by atoms with E-state index < -0.39 is 0 Å². The van der Waals surface area contributed by atoms with Crippen LogP contribution in [0.25, 0.3) is 6.08 Å². The summed E-state index contributed by atoms with van der Waals surface area (Å²) in [6.45, 7) is 3.12. The Labute approximate surface area is 170 Å². The van der Waals surface area contributed by atoms with Crippen molar-refractivity contribution in [3.8, 4) is 11.5 Å². The minimum Gasteiger partial charge on any atom is -0.493 e. The highest BCUT2D eigenvalue weighted by Crippen LogP contribution is 2.28. The first-order valence-corrected chi connectivity index (χ1v) is 10.4. The molecule has 6 nitrogen and oxygen atoms in total. The van der Waals surface area contributed by atoms with Gasteiger partial charge in [0, 0.05) is 18.0 Å². The van der Waals surface area contributed by atoms with Crippen LogP contribution in [0.2, 0.25) is 0 Å². The molecular formula is C21H27N3O3S. The minimum absolute atomic E-state index is 0.203. The number of nitrogens with one attached hydrogen (secondary N) is 1. The van der Waals surface area contributed by atoms with Crippen molar-refractivity contribution in [1.29, 1.82) is 0 Å². The number of hydrogen-bond acceptors (Lipinski definition) is 6. The molecule has 1 amide bonds. The average molecular weight is 402 g/mol. The summed E-state index contributed by atoms with van der Waals surface area (Å²) in [6.07, 6.45) is 8.39. The fourth-order valence-electron chi connectivity index (χ4n) is 3.24. The SMILES string of the molecule is COc1ccc(/C=C\C(=O)Nc2nc(CN3CCCCCC3)cs2)cc1OC. The van der Waals surface area contributed by atoms with Crippen molar-refractivity contribution >= 4 is 28.5 Å². The van der Waals surface area contributed by atoms with Gasteiger partial charge in [0.1, 0.15) is 0 Å². The Hall–Kier alpha value is -2.38. The Morgan fingerprint density at radius 3 is 2.64 bits per heavy atom. The molecule has 1 aliphatic heterocycles. The van der Waals surface area contributed by atoms with E-state index in [0.29, 0.717) is 16.6 Å². The standard InChI is InChI=1S/C21H27N3O3S/c1-26-18-9-7-16(13-19(18)27-2)8-10-20(25)23-21-22-17(15-28-21)14-24-11-5-3-4-6-12-24/h7-10,13,15H,3-6,11-12,14H2,1-2H3,(H,22,23,25)/b10-8-. The van der Waals surface area contributed by atoms with Gasteiger partial charge >= 0.3 is 0 Å². The third kappa shape index (κ3) is 5.81. The van der Waals surface area contributed by atoms with Crippen molar-refractivity contribution in [2.24, 2.45) is 0 Å². The molecule has 1 fully saturated rings. The van der Waals surface area contributed by atoms with Crippen LogP contribution in [0.5, 0.6) is 11.5 Å². The summed E-state index contributed by atoms with van der Waals surface area (Å²) in [4.78, 5) is 19.2. The molecule has 150 valence electrons. The van der Waals surface area contributed by atoms with Crippen LogP contribution in [0, 0.1) is 0 Å². The summed E-state index contributed by atoms with van der Waals surface area (Å²) in [7, 11) is 3.18. The zero-order valence-electron chi connectivity index (χ0n) is 16.4. The maximum Gasteiger partial charge on any atom is 0.250 e. The summed E-state index contributed by atoms with van der Waals surface area (Å²) >= 11 is 1.46. The van der Waals surface area contributed by atoms with E-state index in [1.807, 2.05) is 23.6 Å². The highest BCUT2D eigenvalue weighted by atomic mass is 32.1. The molecule has 1 N–H and O–H groups in total. The number of benzene rings is 1. The molecule has 0 aliphatic carbocycles. The predicted octanol–water partition coefficient (Wildman–Crippen LogP) is 4.19. The molecule has 2 aromatic rings. The molecule has 1 saturated heterocycles. The molecule has 0 atom stereocenters. The van der Waals surface area contributed by atoms with Crippen molar-refractivity contribution in [2.45, 2.75) is 32.2 Å². The van der Waals surface area contributed by atoms with Crippen LogP contribution < -0.4 is 14.8 Å². The fourth-order valence-corrected chi connectivity index (χ4v) is 3.94. The van der Waals surface area contributed by atoms with Gasteiger partial charge in [-0.1, -0.05) is 18.9 Å². The van der Waals surface area contributed by atoms with Crippen LogP contribution in [-0.2, 0) is 11.3 Å². The summed E-state index contributed by atoms with van der Waals surface area (Å²) in [6, 6.07) is 5.51. The quantitative estimate of drug-likeness (QED) is 0.705. The molecule has 0 radical (unpaired) electrons. The lowest BCUT2D eigenvalue weighted by Gasteiger charge is -2.17. The Bertz CT molecular complexity index is 811. The fraction of sp³-hybridized carbons (Fsp3) is 0.429. The Balaban J connectivity index is 1.55. The van der Waals surface area contributed by atoms with Crippen LogP contribution >= 0.6 is 11.3 Å². The highest BCUT2D eigenvalue weighted by molar-refractivity contribution is 7.13. The van der Waals surface area contributed by atoms with Crippen LogP contribution in [-0.4, -0.2) is 43.1 Å². The maximum absolute atomic E-state index is 12.2. The van der Waals surface area contributed by atoms with Crippen LogP contribution in [0.4, 0.5) is 5.13 Å². The number of aromatic nitrogens is 1. The first-order valence-electron chi connectivity index (χ1n) is 9.56. The zero-order valence-corrected chi connectivity index (χ0v) is 17.3. The van der Waals surface area contributed by atoms with Gasteiger partial charge in [-0.05, 0) is 49.7 Å². The first-order chi connectivity index (χ1) is 13.7. The van der Waals surface area contributed by atoms with E-state index in [-0.39, 0.29) is 5.91 Å². The third-order valence-corrected chi connectivity index (χ3v) is 5.51. The summed E-state index contributed by atoms with van der Waals surface area (Å²) in [5, 5.41) is 5.50. The van der Waals surface area contributed by atoms with Gasteiger partial charge in [-0.3, -0.25) is 15.0 Å². The molecule has 3 rings (SSSR count). The van der Waals surface area contributed by atoms with Crippen molar-refractivity contribution in [3.05, 3.63) is 40.9 Å². The second-order valence-electron chi connectivity index (χ2n) is 6.77. The number of anilines is 1. The van der Waals surface area contributed by atoms with E-state index in [0.717, 1.165) is 30.9 Å². The van der Waals surface area contributed by atoms with Gasteiger partial charge in [-0.25, -0.2) is 4.98 Å². The average Bonchev–Trinajstić information content (AvgIpc) is 2.98. The molecule has 0 bridgehead atoms. The third-order valence-electron chi connectivity index (χ3n) is 4.70. The van der Waals surface area contributed by atoms with Gasteiger partial charge in [-0.15, -0.1) is 11.3 Å². The normalized spacial score (nSPS) is 15.4. The van der Waals surface area contributed by atoms with Gasteiger partial charge in [0.15, 0.2) is 16.6 Å². The Morgan fingerprint density at radius 2 is 1.93 bits per heavy atom. The maximum atomic E-state index is 12.2. The largest absolute Gasteiger partial charge is 0.493 e. The summed E-state index contributed by atoms with van der Waals surface area (Å²) in [5.74, 6) is 1.08. The number of nitrogens with zero attached hydrogens (tertiary/aromatic N) is 2. The second kappa shape index (κ2) is 10.2. The number of amides is 1. The first kappa shape index (κ1) is 20.4. The lowest BCUT2D eigenvalue weighted by atomic mass is 10.2. The van der Waals surface area contributed by atoms with E-state index in [4.69, 9.17) is 9.47 Å². The van der Waals surface area contributed by atoms with Gasteiger partial charge in [0.05, 0.1) is 19.9 Å². The highest BCUT2D eigenvalue weighted by Gasteiger charge is 2.12. The Kier molecular flexibility index (Phi) is 7.45. The lowest BCUT2D eigenvalue weighted by Crippen LogP contribution is -2.24. The number of likely N-dealkylation sites (tertiary alicyclic amines) is 1. The molecule has 7 heteroatoms. The molecular weight excluding hydrogens is 374 g/mol. The Morgan fingerprint density at radius 1 is 1.18 bits per heavy atom. The molecule has 2 heterocycles. The second-order valence-corrected chi connectivity index (χ2v) is 7.63. The van der Waals surface area contributed by atoms with E-state index in [2.05, 4.69) is 15.2 Å². The number of hydrogen-bond donors (Lipinski definition) is 1. The van der Waals surface area contributed by atoms with E-state index >= 15 is 0 Å². The molecule has 28 heavy (non-hydrogen) atoms. The lowest BCUT2D eigenvalue weighted by molar-refractivity contribution is -0.111.